The molecular formula is C12H8N2O3. The number of aromatic amines is 1. The summed E-state index contributed by atoms with van der Waals surface area (Å²) >= 11 is 0. The van der Waals surface area contributed by atoms with Crippen LogP contribution in [-0.2, 0) is 0 Å². The third-order valence-electron chi connectivity index (χ3n) is 2.56. The number of carboxylic acid groups (broad SMARTS) is 1. The van der Waals surface area contributed by atoms with Crippen molar-refractivity contribution in [3.63, 3.8) is 0 Å². The number of benzene rings is 1. The number of H-pyrrole nitrogens is 1. The molecule has 0 bridgehead atoms. The summed E-state index contributed by atoms with van der Waals surface area (Å²) in [5.41, 5.74) is 2.32. The van der Waals surface area contributed by atoms with Gasteiger partial charge in [-0.05, 0) is 30.3 Å². The molecule has 2 aromatic heterocycles. The highest BCUT2D eigenvalue weighted by atomic mass is 16.4. The number of carboxylic acids is 1. The summed E-state index contributed by atoms with van der Waals surface area (Å²) in [5.74, 6) is -1.02. The van der Waals surface area contributed by atoms with Crippen LogP contribution in [0.4, 0.5) is 0 Å². The predicted octanol–water partition coefficient (Wildman–Crippen LogP) is 2.52. The zero-order chi connectivity index (χ0) is 11.8. The van der Waals surface area contributed by atoms with Crippen LogP contribution in [0, 0.1) is 0 Å². The second kappa shape index (κ2) is 3.48. The highest BCUT2D eigenvalue weighted by Gasteiger charge is 2.09. The maximum Gasteiger partial charge on any atom is 0.353 e. The first kappa shape index (κ1) is 9.65. The molecule has 3 rings (SSSR count). The van der Waals surface area contributed by atoms with Crippen molar-refractivity contribution in [1.82, 2.24) is 10.2 Å². The second-order valence-electron chi connectivity index (χ2n) is 3.65. The lowest BCUT2D eigenvalue weighted by Crippen LogP contribution is -1.95. The molecule has 84 valence electrons. The molecule has 0 saturated heterocycles. The lowest BCUT2D eigenvalue weighted by molar-refractivity contribution is 0.0690. The Morgan fingerprint density at radius 3 is 2.94 bits per heavy atom. The normalized spacial score (nSPS) is 10.8. The number of hydrogen-bond acceptors (Lipinski definition) is 3. The topological polar surface area (TPSA) is 79.1 Å². The summed E-state index contributed by atoms with van der Waals surface area (Å²) < 4.78 is 5.23. The molecule has 0 spiro atoms. The van der Waals surface area contributed by atoms with Crippen LogP contribution in [0.5, 0.6) is 0 Å². The molecule has 0 saturated carbocycles. The maximum atomic E-state index is 10.7. The first-order valence-corrected chi connectivity index (χ1v) is 5.00. The first-order valence-electron chi connectivity index (χ1n) is 5.00. The van der Waals surface area contributed by atoms with Crippen molar-refractivity contribution in [1.29, 1.82) is 0 Å². The van der Waals surface area contributed by atoms with Crippen molar-refractivity contribution in [2.24, 2.45) is 0 Å². The highest BCUT2D eigenvalue weighted by molar-refractivity contribution is 5.88. The van der Waals surface area contributed by atoms with Gasteiger partial charge in [-0.15, -0.1) is 0 Å². The quantitative estimate of drug-likeness (QED) is 0.706. The lowest BCUT2D eigenvalue weighted by atomic mass is 10.1. The number of carbonyl (C=O) groups is 1. The monoisotopic (exact) mass is 228 g/mol. The predicted molar refractivity (Wildman–Crippen MR) is 60.8 cm³/mol. The van der Waals surface area contributed by atoms with Crippen LogP contribution >= 0.6 is 0 Å². The molecule has 3 aromatic rings. The van der Waals surface area contributed by atoms with E-state index in [0.717, 1.165) is 16.5 Å². The van der Waals surface area contributed by atoms with Gasteiger partial charge in [-0.3, -0.25) is 5.10 Å². The zero-order valence-electron chi connectivity index (χ0n) is 8.68. The Labute approximate surface area is 95.7 Å². The minimum atomic E-state index is -1.02. The average Bonchev–Trinajstić information content (AvgIpc) is 2.97. The number of rotatable bonds is 2. The minimum absolute atomic E-state index is 0.0762. The van der Waals surface area contributed by atoms with Gasteiger partial charge in [0.25, 0.3) is 0 Å². The highest BCUT2D eigenvalue weighted by Crippen LogP contribution is 2.24. The van der Waals surface area contributed by atoms with E-state index in [1.165, 1.54) is 6.07 Å². The molecule has 17 heavy (non-hydrogen) atoms. The number of fused-ring (bicyclic) bond motifs is 1. The van der Waals surface area contributed by atoms with Gasteiger partial charge in [0.1, 0.15) is 11.3 Å². The van der Waals surface area contributed by atoms with E-state index < -0.39 is 5.97 Å². The van der Waals surface area contributed by atoms with Gasteiger partial charge in [0.05, 0.1) is 12.0 Å². The summed E-state index contributed by atoms with van der Waals surface area (Å²) in [4.78, 5) is 10.7. The number of hydrogen-bond donors (Lipinski definition) is 2. The van der Waals surface area contributed by atoms with Crippen LogP contribution in [0.2, 0.25) is 0 Å². The Hall–Kier alpha value is -2.56. The molecule has 0 atom stereocenters. The zero-order valence-corrected chi connectivity index (χ0v) is 8.68. The summed E-state index contributed by atoms with van der Waals surface area (Å²) in [6.45, 7) is 0. The Morgan fingerprint density at radius 2 is 2.18 bits per heavy atom. The van der Waals surface area contributed by atoms with Crippen molar-refractivity contribution in [3.05, 3.63) is 42.3 Å². The molecule has 0 unspecified atom stereocenters. The van der Waals surface area contributed by atoms with Gasteiger partial charge < -0.3 is 9.52 Å². The fourth-order valence-corrected chi connectivity index (χ4v) is 1.71. The van der Waals surface area contributed by atoms with Crippen molar-refractivity contribution >= 4 is 16.9 Å². The van der Waals surface area contributed by atoms with Gasteiger partial charge in [0.15, 0.2) is 0 Å². The van der Waals surface area contributed by atoms with E-state index in [1.54, 1.807) is 6.26 Å². The largest absolute Gasteiger partial charge is 0.477 e. The van der Waals surface area contributed by atoms with E-state index in [-0.39, 0.29) is 5.69 Å². The van der Waals surface area contributed by atoms with Crippen LogP contribution in [0.15, 0.2) is 41.0 Å². The van der Waals surface area contributed by atoms with Crippen LogP contribution in [0.1, 0.15) is 10.5 Å². The van der Waals surface area contributed by atoms with E-state index in [2.05, 4.69) is 10.2 Å². The molecule has 0 radical (unpaired) electrons. The van der Waals surface area contributed by atoms with Gasteiger partial charge in [0.2, 0.25) is 0 Å². The molecule has 5 heteroatoms. The van der Waals surface area contributed by atoms with Gasteiger partial charge in [-0.25, -0.2) is 4.79 Å². The van der Waals surface area contributed by atoms with Gasteiger partial charge in [-0.2, -0.15) is 5.10 Å². The Bertz CT molecular complexity index is 696. The van der Waals surface area contributed by atoms with Crippen molar-refractivity contribution in [2.45, 2.75) is 0 Å². The number of nitrogens with zero attached hydrogens (tertiary/aromatic N) is 1. The Kier molecular flexibility index (Phi) is 1.98. The summed E-state index contributed by atoms with van der Waals surface area (Å²) in [6, 6.07) is 8.93. The van der Waals surface area contributed by atoms with Crippen molar-refractivity contribution < 1.29 is 14.3 Å². The standard InChI is InChI=1S/C12H8N2O3/c15-12(16)10-6-9(13-14-10)7-1-2-11-8(5-7)3-4-17-11/h1-6H,(H,13,14)(H,15,16). The fourth-order valence-electron chi connectivity index (χ4n) is 1.71. The van der Waals surface area contributed by atoms with Crippen molar-refractivity contribution in [2.75, 3.05) is 0 Å². The van der Waals surface area contributed by atoms with Crippen LogP contribution in [0.25, 0.3) is 22.2 Å². The molecule has 0 amide bonds. The molecule has 1 aromatic carbocycles. The van der Waals surface area contributed by atoms with Gasteiger partial charge >= 0.3 is 5.97 Å². The lowest BCUT2D eigenvalue weighted by Gasteiger charge is -1.95. The molecular weight excluding hydrogens is 220 g/mol. The number of nitrogens with one attached hydrogen (secondary N) is 1. The van der Waals surface area contributed by atoms with E-state index in [1.807, 2.05) is 24.3 Å². The molecule has 2 N–H and O–H groups in total. The van der Waals surface area contributed by atoms with Crippen molar-refractivity contribution in [3.8, 4) is 11.3 Å². The molecule has 5 nitrogen and oxygen atoms in total. The smallest absolute Gasteiger partial charge is 0.353 e. The minimum Gasteiger partial charge on any atom is -0.477 e. The summed E-state index contributed by atoms with van der Waals surface area (Å²) in [5, 5.41) is 16.2. The van der Waals surface area contributed by atoms with E-state index in [0.29, 0.717) is 5.69 Å². The third-order valence-corrected chi connectivity index (χ3v) is 2.56. The number of furan rings is 1. The molecule has 0 fully saturated rings. The Morgan fingerprint density at radius 1 is 1.29 bits per heavy atom. The molecule has 2 heterocycles. The molecule has 0 aliphatic rings. The summed E-state index contributed by atoms with van der Waals surface area (Å²) in [6.07, 6.45) is 1.61. The average molecular weight is 228 g/mol. The fraction of sp³-hybridized carbons (Fsp3) is 0. The van der Waals surface area contributed by atoms with Crippen LogP contribution in [0.3, 0.4) is 0 Å². The van der Waals surface area contributed by atoms with Crippen LogP contribution in [-0.4, -0.2) is 21.3 Å². The molecule has 0 aliphatic heterocycles. The summed E-state index contributed by atoms with van der Waals surface area (Å²) in [7, 11) is 0. The van der Waals surface area contributed by atoms with E-state index in [4.69, 9.17) is 9.52 Å². The SMILES string of the molecule is O=C(O)c1cc(-c2ccc3occc3c2)n[nH]1. The third kappa shape index (κ3) is 1.57. The first-order chi connectivity index (χ1) is 8.24. The van der Waals surface area contributed by atoms with E-state index >= 15 is 0 Å². The van der Waals surface area contributed by atoms with Crippen LogP contribution < -0.4 is 0 Å². The van der Waals surface area contributed by atoms with E-state index in [9.17, 15) is 4.79 Å². The number of aromatic nitrogens is 2. The number of aromatic carboxylic acids is 1. The molecule has 0 aliphatic carbocycles. The maximum absolute atomic E-state index is 10.7. The Balaban J connectivity index is 2.09. The second-order valence-corrected chi connectivity index (χ2v) is 3.65. The van der Waals surface area contributed by atoms with Gasteiger partial charge in [-0.1, -0.05) is 0 Å². The van der Waals surface area contributed by atoms with Gasteiger partial charge in [0, 0.05) is 10.9 Å².